The van der Waals surface area contributed by atoms with E-state index in [2.05, 4.69) is 0 Å². The molecule has 46 valence electrons. The molecule has 0 atom stereocenters. The molecular formula is C4H7N2O2-. The van der Waals surface area contributed by atoms with Crippen LogP contribution in [-0.2, 0) is 0 Å². The summed E-state index contributed by atoms with van der Waals surface area (Å²) in [5.41, 5.74) is 5.27. The van der Waals surface area contributed by atoms with E-state index in [0.29, 0.717) is 13.1 Å². The fraction of sp³-hybridized carbons (Fsp3) is 0.750. The van der Waals surface area contributed by atoms with E-state index >= 15 is 0 Å². The third-order valence-electron chi connectivity index (χ3n) is 1.17. The Kier molecular flexibility index (Phi) is 1.09. The SMILES string of the molecule is NC1CN(C(=O)[O-])C1. The lowest BCUT2D eigenvalue weighted by Crippen LogP contribution is -2.61. The van der Waals surface area contributed by atoms with Crippen molar-refractivity contribution in [2.75, 3.05) is 13.1 Å². The van der Waals surface area contributed by atoms with Gasteiger partial charge in [-0.2, -0.15) is 0 Å². The summed E-state index contributed by atoms with van der Waals surface area (Å²) in [4.78, 5) is 11.1. The van der Waals surface area contributed by atoms with Crippen molar-refractivity contribution in [3.05, 3.63) is 0 Å². The standard InChI is InChI=1S/C4H8N2O2/c5-3-1-6(2-3)4(7)8/h3H,1-2,5H2,(H,7,8)/p-1. The molecule has 8 heavy (non-hydrogen) atoms. The van der Waals surface area contributed by atoms with E-state index in [4.69, 9.17) is 5.73 Å². The number of carbonyl (C=O) groups is 1. The van der Waals surface area contributed by atoms with E-state index in [1.165, 1.54) is 4.90 Å². The van der Waals surface area contributed by atoms with Crippen molar-refractivity contribution in [3.8, 4) is 0 Å². The molecule has 4 heteroatoms. The van der Waals surface area contributed by atoms with Crippen molar-refractivity contribution in [1.82, 2.24) is 4.90 Å². The Bertz CT molecular complexity index is 109. The lowest BCUT2D eigenvalue weighted by atomic mass is 10.1. The van der Waals surface area contributed by atoms with Crippen molar-refractivity contribution < 1.29 is 9.90 Å². The van der Waals surface area contributed by atoms with Crippen LogP contribution >= 0.6 is 0 Å². The zero-order valence-electron chi connectivity index (χ0n) is 4.33. The summed E-state index contributed by atoms with van der Waals surface area (Å²) in [5.74, 6) is 0. The molecule has 0 aliphatic carbocycles. The van der Waals surface area contributed by atoms with Crippen LogP contribution in [-0.4, -0.2) is 30.1 Å². The number of carboxylic acid groups (broad SMARTS) is 1. The smallest absolute Gasteiger partial charge is 0.137 e. The molecule has 0 aromatic rings. The third kappa shape index (κ3) is 0.742. The molecule has 2 N–H and O–H groups in total. The number of carbonyl (C=O) groups excluding carboxylic acids is 1. The second-order valence-electron chi connectivity index (χ2n) is 1.93. The highest BCUT2D eigenvalue weighted by molar-refractivity contribution is 5.63. The fourth-order valence-electron chi connectivity index (χ4n) is 0.662. The van der Waals surface area contributed by atoms with Gasteiger partial charge < -0.3 is 20.5 Å². The highest BCUT2D eigenvalue weighted by Gasteiger charge is 2.21. The maximum atomic E-state index is 9.89. The van der Waals surface area contributed by atoms with Gasteiger partial charge in [-0.25, -0.2) is 0 Å². The molecule has 1 heterocycles. The Labute approximate surface area is 46.9 Å². The van der Waals surface area contributed by atoms with Crippen LogP contribution in [0.4, 0.5) is 4.79 Å². The van der Waals surface area contributed by atoms with E-state index in [0.717, 1.165) is 0 Å². The van der Waals surface area contributed by atoms with Gasteiger partial charge in [-0.15, -0.1) is 0 Å². The highest BCUT2D eigenvalue weighted by Crippen LogP contribution is 2.02. The maximum absolute atomic E-state index is 9.89. The Morgan fingerprint density at radius 3 is 2.38 bits per heavy atom. The maximum Gasteiger partial charge on any atom is 0.137 e. The Hall–Kier alpha value is -0.770. The normalized spacial score (nSPS) is 20.4. The summed E-state index contributed by atoms with van der Waals surface area (Å²) in [6.45, 7) is 0.866. The summed E-state index contributed by atoms with van der Waals surface area (Å²) in [7, 11) is 0. The second kappa shape index (κ2) is 1.63. The quantitative estimate of drug-likeness (QED) is 0.396. The van der Waals surface area contributed by atoms with Gasteiger partial charge in [0.25, 0.3) is 0 Å². The summed E-state index contributed by atoms with van der Waals surface area (Å²) in [6, 6.07) is 0.0351. The predicted octanol–water partition coefficient (Wildman–Crippen LogP) is -2.03. The van der Waals surface area contributed by atoms with Crippen LogP contribution in [0.5, 0.6) is 0 Å². The van der Waals surface area contributed by atoms with Gasteiger partial charge in [0, 0.05) is 19.1 Å². The molecule has 0 aromatic carbocycles. The molecule has 0 aromatic heterocycles. The van der Waals surface area contributed by atoms with Crippen LogP contribution in [0.15, 0.2) is 0 Å². The lowest BCUT2D eigenvalue weighted by molar-refractivity contribution is -0.269. The number of likely N-dealkylation sites (tertiary alicyclic amines) is 1. The largest absolute Gasteiger partial charge is 0.530 e. The molecule has 1 amide bonds. The van der Waals surface area contributed by atoms with Crippen molar-refractivity contribution in [3.63, 3.8) is 0 Å². The molecule has 0 unspecified atom stereocenters. The number of amides is 1. The van der Waals surface area contributed by atoms with E-state index in [-0.39, 0.29) is 6.04 Å². The third-order valence-corrected chi connectivity index (χ3v) is 1.17. The first kappa shape index (κ1) is 5.37. The van der Waals surface area contributed by atoms with Crippen molar-refractivity contribution >= 4 is 6.09 Å². The zero-order valence-corrected chi connectivity index (χ0v) is 4.33. The van der Waals surface area contributed by atoms with Crippen LogP contribution in [0.2, 0.25) is 0 Å². The number of rotatable bonds is 0. The average Bonchev–Trinajstić information content (AvgIpc) is 1.57. The molecule has 1 aliphatic rings. The molecule has 1 rings (SSSR count). The second-order valence-corrected chi connectivity index (χ2v) is 1.93. The minimum atomic E-state index is -1.12. The molecule has 1 saturated heterocycles. The van der Waals surface area contributed by atoms with Gasteiger partial charge in [-0.1, -0.05) is 0 Å². The Morgan fingerprint density at radius 2 is 2.25 bits per heavy atom. The van der Waals surface area contributed by atoms with Gasteiger partial charge in [0.15, 0.2) is 0 Å². The van der Waals surface area contributed by atoms with Gasteiger partial charge in [-0.05, 0) is 0 Å². The molecule has 0 bridgehead atoms. The van der Waals surface area contributed by atoms with Crippen molar-refractivity contribution in [1.29, 1.82) is 0 Å². The molecule has 0 saturated carbocycles. The fourth-order valence-corrected chi connectivity index (χ4v) is 0.662. The van der Waals surface area contributed by atoms with Crippen LogP contribution < -0.4 is 10.8 Å². The molecule has 0 spiro atoms. The first-order chi connectivity index (χ1) is 3.70. The molecule has 1 aliphatic heterocycles. The summed E-state index contributed by atoms with van der Waals surface area (Å²) in [6.07, 6.45) is -1.12. The minimum Gasteiger partial charge on any atom is -0.530 e. The Morgan fingerprint density at radius 1 is 1.75 bits per heavy atom. The van der Waals surface area contributed by atoms with Crippen molar-refractivity contribution in [2.24, 2.45) is 5.73 Å². The predicted molar refractivity (Wildman–Crippen MR) is 24.9 cm³/mol. The van der Waals surface area contributed by atoms with Gasteiger partial charge in [-0.3, -0.25) is 0 Å². The summed E-state index contributed by atoms with van der Waals surface area (Å²) < 4.78 is 0. The summed E-state index contributed by atoms with van der Waals surface area (Å²) >= 11 is 0. The minimum absolute atomic E-state index is 0.0351. The molecule has 1 fully saturated rings. The van der Waals surface area contributed by atoms with Gasteiger partial charge >= 0.3 is 0 Å². The topological polar surface area (TPSA) is 69.4 Å². The molecular weight excluding hydrogens is 108 g/mol. The van der Waals surface area contributed by atoms with E-state index in [9.17, 15) is 9.90 Å². The van der Waals surface area contributed by atoms with Crippen LogP contribution in [0, 0.1) is 0 Å². The van der Waals surface area contributed by atoms with Gasteiger partial charge in [0.05, 0.1) is 0 Å². The lowest BCUT2D eigenvalue weighted by Gasteiger charge is -2.38. The number of nitrogens with two attached hydrogens (primary N) is 1. The van der Waals surface area contributed by atoms with Gasteiger partial charge in [0.2, 0.25) is 0 Å². The average molecular weight is 115 g/mol. The van der Waals surface area contributed by atoms with E-state index in [1.807, 2.05) is 0 Å². The van der Waals surface area contributed by atoms with Gasteiger partial charge in [0.1, 0.15) is 6.09 Å². The monoisotopic (exact) mass is 115 g/mol. The first-order valence-corrected chi connectivity index (χ1v) is 2.41. The van der Waals surface area contributed by atoms with Crippen LogP contribution in [0.3, 0.4) is 0 Å². The highest BCUT2D eigenvalue weighted by atomic mass is 16.4. The van der Waals surface area contributed by atoms with Crippen LogP contribution in [0.1, 0.15) is 0 Å². The Balaban J connectivity index is 2.25. The number of nitrogens with zero attached hydrogens (tertiary/aromatic N) is 1. The van der Waals surface area contributed by atoms with Crippen molar-refractivity contribution in [2.45, 2.75) is 6.04 Å². The zero-order chi connectivity index (χ0) is 6.15. The summed E-state index contributed by atoms with van der Waals surface area (Å²) in [5, 5.41) is 9.89. The number of hydrogen-bond acceptors (Lipinski definition) is 3. The van der Waals surface area contributed by atoms with Crippen LogP contribution in [0.25, 0.3) is 0 Å². The number of hydrogen-bond donors (Lipinski definition) is 1. The van der Waals surface area contributed by atoms with E-state index in [1.54, 1.807) is 0 Å². The van der Waals surface area contributed by atoms with E-state index < -0.39 is 6.09 Å². The first-order valence-electron chi connectivity index (χ1n) is 2.41. The molecule has 0 radical (unpaired) electrons. The molecule has 4 nitrogen and oxygen atoms in total.